The standard InChI is InChI=1S/C20H23N3O4/c1-20(13-7-5-4-6-8-13)15(25)9-10-16-21(2)19(26)17-18(27-3)14(24)11-12-22(17)23(16)20/h4-8,11-12,15-16,25H,9-10H2,1-3H3/t15-,16?,20-/m1/s1. The normalized spacial score (nSPS) is 27.2. The Morgan fingerprint density at radius 1 is 1.15 bits per heavy atom. The van der Waals surface area contributed by atoms with E-state index in [2.05, 4.69) is 0 Å². The Labute approximate surface area is 157 Å². The molecule has 2 aliphatic rings. The van der Waals surface area contributed by atoms with Crippen molar-refractivity contribution >= 4 is 5.91 Å². The third-order valence-electron chi connectivity index (χ3n) is 5.90. The third-order valence-corrected chi connectivity index (χ3v) is 5.90. The first-order valence-corrected chi connectivity index (χ1v) is 9.01. The van der Waals surface area contributed by atoms with Gasteiger partial charge in [-0.25, -0.2) is 0 Å². The summed E-state index contributed by atoms with van der Waals surface area (Å²) >= 11 is 0. The van der Waals surface area contributed by atoms with Crippen molar-refractivity contribution in [3.63, 3.8) is 0 Å². The molecule has 0 spiro atoms. The molecule has 0 saturated carbocycles. The highest BCUT2D eigenvalue weighted by atomic mass is 16.5. The molecule has 0 radical (unpaired) electrons. The van der Waals surface area contributed by atoms with Crippen LogP contribution in [0.2, 0.25) is 0 Å². The van der Waals surface area contributed by atoms with Gasteiger partial charge >= 0.3 is 0 Å². The maximum absolute atomic E-state index is 13.0. The van der Waals surface area contributed by atoms with Crippen molar-refractivity contribution in [3.8, 4) is 5.75 Å². The van der Waals surface area contributed by atoms with Crippen molar-refractivity contribution in [2.75, 3.05) is 19.2 Å². The predicted molar refractivity (Wildman–Crippen MR) is 100 cm³/mol. The number of nitrogens with zero attached hydrogens (tertiary/aromatic N) is 3. The lowest BCUT2D eigenvalue weighted by Crippen LogP contribution is -2.71. The van der Waals surface area contributed by atoms with E-state index in [0.29, 0.717) is 12.8 Å². The van der Waals surface area contributed by atoms with E-state index in [-0.39, 0.29) is 28.9 Å². The Kier molecular flexibility index (Phi) is 3.99. The molecular weight excluding hydrogens is 346 g/mol. The van der Waals surface area contributed by atoms with Gasteiger partial charge in [-0.15, -0.1) is 0 Å². The zero-order valence-corrected chi connectivity index (χ0v) is 15.6. The average Bonchev–Trinajstić information content (AvgIpc) is 2.69. The zero-order chi connectivity index (χ0) is 19.3. The van der Waals surface area contributed by atoms with Crippen molar-refractivity contribution in [1.82, 2.24) is 9.58 Å². The van der Waals surface area contributed by atoms with E-state index in [0.717, 1.165) is 5.56 Å². The lowest BCUT2D eigenvalue weighted by Gasteiger charge is -2.58. The number of pyridine rings is 1. The number of rotatable bonds is 2. The minimum atomic E-state index is -0.784. The van der Waals surface area contributed by atoms with Crippen molar-refractivity contribution in [2.24, 2.45) is 0 Å². The highest BCUT2D eigenvalue weighted by Crippen LogP contribution is 2.42. The van der Waals surface area contributed by atoms with Gasteiger partial charge in [0.2, 0.25) is 5.43 Å². The van der Waals surface area contributed by atoms with Gasteiger partial charge in [-0.05, 0) is 25.3 Å². The second kappa shape index (κ2) is 6.13. The topological polar surface area (TPSA) is 75.0 Å². The van der Waals surface area contributed by atoms with Crippen LogP contribution >= 0.6 is 0 Å². The van der Waals surface area contributed by atoms with E-state index in [1.54, 1.807) is 22.8 Å². The summed E-state index contributed by atoms with van der Waals surface area (Å²) in [5, 5.41) is 13.0. The molecule has 142 valence electrons. The number of aromatic nitrogens is 1. The van der Waals surface area contributed by atoms with E-state index in [4.69, 9.17) is 4.74 Å². The van der Waals surface area contributed by atoms with Gasteiger partial charge in [0.15, 0.2) is 11.4 Å². The summed E-state index contributed by atoms with van der Waals surface area (Å²) in [6, 6.07) is 11.1. The van der Waals surface area contributed by atoms with Crippen molar-refractivity contribution in [1.29, 1.82) is 0 Å². The van der Waals surface area contributed by atoms with Crippen molar-refractivity contribution in [2.45, 2.75) is 37.6 Å². The van der Waals surface area contributed by atoms with Crippen LogP contribution in [0.4, 0.5) is 0 Å². The van der Waals surface area contributed by atoms with Gasteiger partial charge in [0.05, 0.1) is 13.2 Å². The van der Waals surface area contributed by atoms with E-state index in [1.807, 2.05) is 42.3 Å². The molecule has 1 amide bonds. The Morgan fingerprint density at radius 2 is 1.85 bits per heavy atom. The molecular formula is C20H23N3O4. The smallest absolute Gasteiger partial charge is 0.277 e. The maximum Gasteiger partial charge on any atom is 0.277 e. The number of amides is 1. The van der Waals surface area contributed by atoms with E-state index in [1.165, 1.54) is 13.2 Å². The number of ether oxygens (including phenoxy) is 1. The molecule has 1 saturated heterocycles. The SMILES string of the molecule is COc1c2n(ccc1=O)N1C(CC[C@@H](O)[C@@]1(C)c1ccccc1)N(C)C2=O. The Bertz CT molecular complexity index is 942. The van der Waals surface area contributed by atoms with Crippen LogP contribution in [0.5, 0.6) is 5.75 Å². The molecule has 3 atom stereocenters. The summed E-state index contributed by atoms with van der Waals surface area (Å²) in [6.45, 7) is 1.97. The Morgan fingerprint density at radius 3 is 2.52 bits per heavy atom. The summed E-state index contributed by atoms with van der Waals surface area (Å²) in [4.78, 5) is 26.9. The molecule has 7 heteroatoms. The average molecular weight is 369 g/mol. The molecule has 0 bridgehead atoms. The number of methoxy groups -OCH3 is 1. The van der Waals surface area contributed by atoms with Crippen LogP contribution in [-0.4, -0.2) is 47.0 Å². The quantitative estimate of drug-likeness (QED) is 0.863. The minimum absolute atomic E-state index is 0.0169. The number of aliphatic hydroxyl groups is 1. The monoisotopic (exact) mass is 369 g/mol. The molecule has 2 aromatic rings. The second-order valence-electron chi connectivity index (χ2n) is 7.25. The van der Waals surface area contributed by atoms with Gasteiger partial charge in [-0.1, -0.05) is 30.3 Å². The number of benzene rings is 1. The molecule has 1 aromatic heterocycles. The Balaban J connectivity index is 2.01. The first-order valence-electron chi connectivity index (χ1n) is 9.01. The van der Waals surface area contributed by atoms with Crippen molar-refractivity contribution in [3.05, 3.63) is 64.1 Å². The largest absolute Gasteiger partial charge is 0.491 e. The van der Waals surface area contributed by atoms with Crippen LogP contribution in [-0.2, 0) is 5.54 Å². The number of fused-ring (bicyclic) bond motifs is 3. The number of carbonyl (C=O) groups excluding carboxylic acids is 1. The number of aliphatic hydroxyl groups excluding tert-OH is 1. The summed E-state index contributed by atoms with van der Waals surface area (Å²) < 4.78 is 6.96. The van der Waals surface area contributed by atoms with E-state index >= 15 is 0 Å². The summed E-state index contributed by atoms with van der Waals surface area (Å²) in [5.74, 6) is -0.249. The molecule has 27 heavy (non-hydrogen) atoms. The highest BCUT2D eigenvalue weighted by molar-refractivity contribution is 5.96. The van der Waals surface area contributed by atoms with Crippen LogP contribution < -0.4 is 15.2 Å². The number of carbonyl (C=O) groups is 1. The van der Waals surface area contributed by atoms with Crippen LogP contribution in [0.1, 0.15) is 35.8 Å². The second-order valence-corrected chi connectivity index (χ2v) is 7.25. The molecule has 7 nitrogen and oxygen atoms in total. The molecule has 4 rings (SSSR count). The fraction of sp³-hybridized carbons (Fsp3) is 0.400. The molecule has 1 fully saturated rings. The van der Waals surface area contributed by atoms with E-state index < -0.39 is 11.6 Å². The fourth-order valence-electron chi connectivity index (χ4n) is 4.38. The summed E-state index contributed by atoms with van der Waals surface area (Å²) in [7, 11) is 3.11. The fourth-order valence-corrected chi connectivity index (χ4v) is 4.38. The van der Waals surface area contributed by atoms with Gasteiger partial charge in [-0.2, -0.15) is 0 Å². The number of piperidine rings is 1. The van der Waals surface area contributed by atoms with Crippen LogP contribution in [0, 0.1) is 0 Å². The van der Waals surface area contributed by atoms with Gasteiger partial charge in [0, 0.05) is 19.3 Å². The first kappa shape index (κ1) is 17.6. The molecule has 0 aliphatic carbocycles. The molecule has 3 heterocycles. The van der Waals surface area contributed by atoms with Crippen LogP contribution in [0.25, 0.3) is 0 Å². The lowest BCUT2D eigenvalue weighted by atomic mass is 9.79. The molecule has 1 aromatic carbocycles. The Hall–Kier alpha value is -2.80. The molecule has 1 N–H and O–H groups in total. The van der Waals surface area contributed by atoms with Crippen LogP contribution in [0.15, 0.2) is 47.4 Å². The number of hydrogen-bond acceptors (Lipinski definition) is 5. The van der Waals surface area contributed by atoms with Gasteiger partial charge in [0.25, 0.3) is 5.91 Å². The van der Waals surface area contributed by atoms with Gasteiger partial charge in [0.1, 0.15) is 11.7 Å². The minimum Gasteiger partial charge on any atom is -0.491 e. The lowest BCUT2D eigenvalue weighted by molar-refractivity contribution is -0.0102. The highest BCUT2D eigenvalue weighted by Gasteiger charge is 2.53. The number of hydrogen-bond donors (Lipinski definition) is 1. The van der Waals surface area contributed by atoms with Crippen molar-refractivity contribution < 1.29 is 14.6 Å². The predicted octanol–water partition coefficient (Wildman–Crippen LogP) is 1.28. The van der Waals surface area contributed by atoms with Crippen LogP contribution in [0.3, 0.4) is 0 Å². The van der Waals surface area contributed by atoms with E-state index in [9.17, 15) is 14.7 Å². The summed E-state index contributed by atoms with van der Waals surface area (Å²) in [6.07, 6.45) is 1.90. The van der Waals surface area contributed by atoms with Gasteiger partial charge in [-0.3, -0.25) is 19.3 Å². The third kappa shape index (κ3) is 2.31. The summed E-state index contributed by atoms with van der Waals surface area (Å²) in [5.41, 5.74) is -0.00923. The molecule has 1 unspecified atom stereocenters. The zero-order valence-electron chi connectivity index (χ0n) is 15.6. The maximum atomic E-state index is 13.0. The first-order chi connectivity index (χ1) is 12.9. The van der Waals surface area contributed by atoms with Gasteiger partial charge < -0.3 is 14.7 Å². The molecule has 2 aliphatic heterocycles.